The Hall–Kier alpha value is -3.75. The largest absolute Gasteiger partial charge is 0.449 e. The van der Waals surface area contributed by atoms with E-state index in [0.717, 1.165) is 11.3 Å². The summed E-state index contributed by atoms with van der Waals surface area (Å²) in [5, 5.41) is 8.99. The Morgan fingerprint density at radius 2 is 1.80 bits per heavy atom. The first-order valence-electron chi connectivity index (χ1n) is 9.38. The number of hydrogen-bond acceptors (Lipinski definition) is 6. The molecule has 9 nitrogen and oxygen atoms in total. The number of esters is 1. The Morgan fingerprint density at radius 3 is 2.47 bits per heavy atom. The van der Waals surface area contributed by atoms with Gasteiger partial charge in [-0.1, -0.05) is 30.3 Å². The molecule has 3 amide bonds. The quantitative estimate of drug-likeness (QED) is 0.640. The molecule has 0 fully saturated rings. The van der Waals surface area contributed by atoms with Crippen LogP contribution in [0.25, 0.3) is 16.9 Å². The summed E-state index contributed by atoms with van der Waals surface area (Å²) in [7, 11) is 0. The van der Waals surface area contributed by atoms with E-state index in [4.69, 9.17) is 4.74 Å². The first kappa shape index (κ1) is 21.0. The van der Waals surface area contributed by atoms with Crippen LogP contribution < -0.4 is 10.6 Å². The van der Waals surface area contributed by atoms with Crippen LogP contribution in [0.5, 0.6) is 0 Å². The monoisotopic (exact) mass is 409 g/mol. The van der Waals surface area contributed by atoms with Crippen molar-refractivity contribution in [1.82, 2.24) is 25.2 Å². The lowest BCUT2D eigenvalue weighted by Gasteiger charge is -2.21. The molecule has 3 aromatic rings. The Bertz CT molecular complexity index is 1090. The summed E-state index contributed by atoms with van der Waals surface area (Å²) in [5.41, 5.74) is 1.57. The number of fused-ring (bicyclic) bond motifs is 1. The second kappa shape index (κ2) is 8.32. The number of carbonyl (C=O) groups excluding carboxylic acids is 3. The van der Waals surface area contributed by atoms with Gasteiger partial charge in [0.2, 0.25) is 0 Å². The average molecular weight is 409 g/mol. The highest BCUT2D eigenvalue weighted by Gasteiger charge is 2.25. The van der Waals surface area contributed by atoms with Gasteiger partial charge in [0, 0.05) is 17.3 Å². The van der Waals surface area contributed by atoms with Crippen molar-refractivity contribution in [2.45, 2.75) is 39.3 Å². The standard InChI is InChI=1S/C21H23N5O4/c1-13(18(27)24-20(29)25-21(2,3)4)30-19(28)15-12-23-26-16(10-11-22-17(15)26)14-8-6-5-7-9-14/h5-13H,1-4H3,(H2,24,25,27,29). The van der Waals surface area contributed by atoms with Gasteiger partial charge in [-0.3, -0.25) is 10.1 Å². The van der Waals surface area contributed by atoms with E-state index in [1.54, 1.807) is 33.0 Å². The number of nitrogens with one attached hydrogen (secondary N) is 2. The Balaban J connectivity index is 1.74. The van der Waals surface area contributed by atoms with Crippen LogP contribution in [0.4, 0.5) is 4.79 Å². The number of nitrogens with zero attached hydrogens (tertiary/aromatic N) is 3. The fraction of sp³-hybridized carbons (Fsp3) is 0.286. The zero-order valence-corrected chi connectivity index (χ0v) is 17.2. The highest BCUT2D eigenvalue weighted by atomic mass is 16.5. The van der Waals surface area contributed by atoms with Gasteiger partial charge in [0.1, 0.15) is 5.56 Å². The van der Waals surface area contributed by atoms with Crippen molar-refractivity contribution in [2.75, 3.05) is 0 Å². The summed E-state index contributed by atoms with van der Waals surface area (Å²) in [6.07, 6.45) is 1.73. The first-order chi connectivity index (χ1) is 14.2. The summed E-state index contributed by atoms with van der Waals surface area (Å²) < 4.78 is 6.75. The van der Waals surface area contributed by atoms with E-state index in [9.17, 15) is 14.4 Å². The molecular weight excluding hydrogens is 386 g/mol. The normalized spacial score (nSPS) is 12.3. The number of amides is 3. The summed E-state index contributed by atoms with van der Waals surface area (Å²) in [6.45, 7) is 6.72. The lowest BCUT2D eigenvalue weighted by molar-refractivity contribution is -0.127. The van der Waals surface area contributed by atoms with E-state index in [2.05, 4.69) is 20.7 Å². The first-order valence-corrected chi connectivity index (χ1v) is 9.38. The molecule has 0 radical (unpaired) electrons. The number of benzene rings is 1. The third-order valence-corrected chi connectivity index (χ3v) is 4.07. The van der Waals surface area contributed by atoms with E-state index in [-0.39, 0.29) is 5.56 Å². The maximum absolute atomic E-state index is 12.6. The van der Waals surface area contributed by atoms with Crippen LogP contribution in [-0.2, 0) is 9.53 Å². The molecule has 3 rings (SSSR count). The third kappa shape index (κ3) is 4.80. The predicted molar refractivity (Wildman–Crippen MR) is 110 cm³/mol. The summed E-state index contributed by atoms with van der Waals surface area (Å²) in [4.78, 5) is 40.8. The summed E-state index contributed by atoms with van der Waals surface area (Å²) in [5.74, 6) is -1.50. The van der Waals surface area contributed by atoms with Crippen molar-refractivity contribution in [3.8, 4) is 11.3 Å². The van der Waals surface area contributed by atoms with E-state index < -0.39 is 29.6 Å². The zero-order valence-electron chi connectivity index (χ0n) is 17.2. The summed E-state index contributed by atoms with van der Waals surface area (Å²) in [6, 6.07) is 10.7. The number of ether oxygens (including phenoxy) is 1. The van der Waals surface area contributed by atoms with E-state index in [1.165, 1.54) is 17.6 Å². The lowest BCUT2D eigenvalue weighted by atomic mass is 10.1. The minimum atomic E-state index is -1.18. The van der Waals surface area contributed by atoms with Crippen LogP contribution in [0, 0.1) is 0 Å². The fourth-order valence-corrected chi connectivity index (χ4v) is 2.73. The Labute approximate surface area is 173 Å². The number of carbonyl (C=O) groups is 3. The average Bonchev–Trinajstić information content (AvgIpc) is 3.11. The molecular formula is C21H23N5O4. The fourth-order valence-electron chi connectivity index (χ4n) is 2.73. The number of aromatic nitrogens is 3. The SMILES string of the molecule is CC(OC(=O)c1cnn2c(-c3ccccc3)ccnc12)C(=O)NC(=O)NC(C)(C)C. The molecule has 9 heteroatoms. The van der Waals surface area contributed by atoms with Crippen LogP contribution >= 0.6 is 0 Å². The van der Waals surface area contributed by atoms with Gasteiger partial charge in [-0.15, -0.1) is 0 Å². The molecule has 0 saturated heterocycles. The van der Waals surface area contributed by atoms with Gasteiger partial charge >= 0.3 is 12.0 Å². The molecule has 30 heavy (non-hydrogen) atoms. The van der Waals surface area contributed by atoms with Crippen LogP contribution in [0.3, 0.4) is 0 Å². The highest BCUT2D eigenvalue weighted by molar-refractivity contribution is 6.00. The van der Waals surface area contributed by atoms with E-state index in [1.807, 2.05) is 30.3 Å². The number of rotatable bonds is 4. The molecule has 1 atom stereocenters. The van der Waals surface area contributed by atoms with Crippen molar-refractivity contribution in [3.05, 3.63) is 54.4 Å². The van der Waals surface area contributed by atoms with Crippen molar-refractivity contribution in [1.29, 1.82) is 0 Å². The van der Waals surface area contributed by atoms with Crippen molar-refractivity contribution < 1.29 is 19.1 Å². The van der Waals surface area contributed by atoms with Crippen LogP contribution in [-0.4, -0.2) is 44.1 Å². The van der Waals surface area contributed by atoms with Gasteiger partial charge in [-0.25, -0.2) is 19.1 Å². The van der Waals surface area contributed by atoms with Gasteiger partial charge in [0.25, 0.3) is 5.91 Å². The molecule has 1 aromatic carbocycles. The number of imide groups is 1. The molecule has 2 N–H and O–H groups in total. The molecule has 0 aliphatic carbocycles. The molecule has 0 bridgehead atoms. The number of urea groups is 1. The zero-order chi connectivity index (χ0) is 21.9. The minimum Gasteiger partial charge on any atom is -0.449 e. The molecule has 2 aromatic heterocycles. The van der Waals surface area contributed by atoms with Crippen molar-refractivity contribution in [3.63, 3.8) is 0 Å². The Kier molecular flexibility index (Phi) is 5.81. The molecule has 0 saturated carbocycles. The molecule has 156 valence electrons. The maximum Gasteiger partial charge on any atom is 0.344 e. The van der Waals surface area contributed by atoms with Crippen molar-refractivity contribution in [2.24, 2.45) is 0 Å². The topological polar surface area (TPSA) is 115 Å². The predicted octanol–water partition coefficient (Wildman–Crippen LogP) is 2.57. The molecule has 0 aliphatic heterocycles. The van der Waals surface area contributed by atoms with Gasteiger partial charge < -0.3 is 10.1 Å². The smallest absolute Gasteiger partial charge is 0.344 e. The van der Waals surface area contributed by atoms with Gasteiger partial charge in [-0.2, -0.15) is 5.10 Å². The van der Waals surface area contributed by atoms with Crippen LogP contribution in [0.1, 0.15) is 38.1 Å². The Morgan fingerprint density at radius 1 is 1.10 bits per heavy atom. The van der Waals surface area contributed by atoms with Gasteiger partial charge in [-0.05, 0) is 33.8 Å². The summed E-state index contributed by atoms with van der Waals surface area (Å²) >= 11 is 0. The second-order valence-corrected chi connectivity index (χ2v) is 7.73. The van der Waals surface area contributed by atoms with Crippen LogP contribution in [0.2, 0.25) is 0 Å². The molecule has 2 heterocycles. The van der Waals surface area contributed by atoms with Crippen LogP contribution in [0.15, 0.2) is 48.8 Å². The van der Waals surface area contributed by atoms with E-state index in [0.29, 0.717) is 5.65 Å². The maximum atomic E-state index is 12.6. The molecule has 0 spiro atoms. The third-order valence-electron chi connectivity index (χ3n) is 4.07. The second-order valence-electron chi connectivity index (χ2n) is 7.73. The molecule has 1 unspecified atom stereocenters. The van der Waals surface area contributed by atoms with E-state index >= 15 is 0 Å². The van der Waals surface area contributed by atoms with Crippen molar-refractivity contribution >= 4 is 23.6 Å². The lowest BCUT2D eigenvalue weighted by Crippen LogP contribution is -2.50. The number of hydrogen-bond donors (Lipinski definition) is 2. The highest BCUT2D eigenvalue weighted by Crippen LogP contribution is 2.21. The van der Waals surface area contributed by atoms with Gasteiger partial charge in [0.15, 0.2) is 11.8 Å². The van der Waals surface area contributed by atoms with Gasteiger partial charge in [0.05, 0.1) is 11.9 Å². The minimum absolute atomic E-state index is 0.117. The molecule has 0 aliphatic rings.